The Bertz CT molecular complexity index is 381. The number of likely N-dealkylation sites (N-methyl/N-ethyl adjacent to an activating group) is 1. The summed E-state index contributed by atoms with van der Waals surface area (Å²) in [4.78, 5) is 13.5. The molecule has 2 heterocycles. The fourth-order valence-electron chi connectivity index (χ4n) is 2.10. The number of anilines is 2. The SMILES string of the molecule is CCCNc1nccc(N2CCN(C)C(C)C2)n1. The van der Waals surface area contributed by atoms with Crippen LogP contribution in [0.2, 0.25) is 0 Å². The highest BCUT2D eigenvalue weighted by Gasteiger charge is 2.21. The van der Waals surface area contributed by atoms with Crippen molar-refractivity contribution in [3.8, 4) is 0 Å². The van der Waals surface area contributed by atoms with Crippen LogP contribution in [0.15, 0.2) is 12.3 Å². The third-order valence-electron chi connectivity index (χ3n) is 3.46. The minimum Gasteiger partial charge on any atom is -0.354 e. The van der Waals surface area contributed by atoms with Gasteiger partial charge in [0.1, 0.15) is 5.82 Å². The molecule has 1 saturated heterocycles. The fourth-order valence-corrected chi connectivity index (χ4v) is 2.10. The number of nitrogens with one attached hydrogen (secondary N) is 1. The van der Waals surface area contributed by atoms with Gasteiger partial charge in [0.05, 0.1) is 0 Å². The van der Waals surface area contributed by atoms with Gasteiger partial charge in [-0.15, -0.1) is 0 Å². The molecule has 5 nitrogen and oxygen atoms in total. The predicted molar refractivity (Wildman–Crippen MR) is 75.1 cm³/mol. The van der Waals surface area contributed by atoms with E-state index in [2.05, 4.69) is 46.0 Å². The van der Waals surface area contributed by atoms with Gasteiger partial charge in [0.2, 0.25) is 5.95 Å². The van der Waals surface area contributed by atoms with Gasteiger partial charge in [-0.3, -0.25) is 0 Å². The largest absolute Gasteiger partial charge is 0.354 e. The van der Waals surface area contributed by atoms with Gasteiger partial charge >= 0.3 is 0 Å². The van der Waals surface area contributed by atoms with Crippen molar-refractivity contribution in [2.45, 2.75) is 26.3 Å². The smallest absolute Gasteiger partial charge is 0.224 e. The second-order valence-corrected chi connectivity index (χ2v) is 4.94. The normalized spacial score (nSPS) is 21.1. The summed E-state index contributed by atoms with van der Waals surface area (Å²) in [5.74, 6) is 1.77. The number of rotatable bonds is 4. The van der Waals surface area contributed by atoms with Gasteiger partial charge in [-0.1, -0.05) is 6.92 Å². The van der Waals surface area contributed by atoms with Gasteiger partial charge in [-0.05, 0) is 26.5 Å². The Morgan fingerprint density at radius 1 is 1.44 bits per heavy atom. The maximum Gasteiger partial charge on any atom is 0.224 e. The van der Waals surface area contributed by atoms with E-state index in [1.807, 2.05) is 12.3 Å². The molecule has 0 aliphatic carbocycles. The number of hydrogen-bond acceptors (Lipinski definition) is 5. The van der Waals surface area contributed by atoms with Gasteiger partial charge in [-0.2, -0.15) is 4.98 Å². The lowest BCUT2D eigenvalue weighted by atomic mass is 10.2. The molecule has 1 aromatic rings. The summed E-state index contributed by atoms with van der Waals surface area (Å²) in [5.41, 5.74) is 0. The summed E-state index contributed by atoms with van der Waals surface area (Å²) in [5, 5.41) is 3.23. The van der Waals surface area contributed by atoms with E-state index in [9.17, 15) is 0 Å². The van der Waals surface area contributed by atoms with Crippen molar-refractivity contribution in [3.05, 3.63) is 12.3 Å². The van der Waals surface area contributed by atoms with Gasteiger partial charge in [0, 0.05) is 38.4 Å². The topological polar surface area (TPSA) is 44.3 Å². The minimum atomic E-state index is 0.570. The zero-order valence-electron chi connectivity index (χ0n) is 11.6. The molecule has 1 aliphatic heterocycles. The average molecular weight is 249 g/mol. The third kappa shape index (κ3) is 3.10. The molecule has 0 amide bonds. The summed E-state index contributed by atoms with van der Waals surface area (Å²) in [7, 11) is 2.18. The highest BCUT2D eigenvalue weighted by Crippen LogP contribution is 2.16. The highest BCUT2D eigenvalue weighted by atomic mass is 15.3. The zero-order valence-corrected chi connectivity index (χ0v) is 11.6. The predicted octanol–water partition coefficient (Wildman–Crippen LogP) is 1.44. The van der Waals surface area contributed by atoms with Crippen molar-refractivity contribution in [3.63, 3.8) is 0 Å². The van der Waals surface area contributed by atoms with E-state index in [-0.39, 0.29) is 0 Å². The van der Waals surface area contributed by atoms with Crippen molar-refractivity contribution in [2.75, 3.05) is 43.4 Å². The lowest BCUT2D eigenvalue weighted by Crippen LogP contribution is -2.50. The molecular weight excluding hydrogens is 226 g/mol. The Hall–Kier alpha value is -1.36. The van der Waals surface area contributed by atoms with Gasteiger partial charge < -0.3 is 15.1 Å². The monoisotopic (exact) mass is 249 g/mol. The standard InChI is InChI=1S/C13H23N5/c1-4-6-14-13-15-7-5-12(16-13)18-9-8-17(3)11(2)10-18/h5,7,11H,4,6,8-10H2,1-3H3,(H,14,15,16). The van der Waals surface area contributed by atoms with Crippen molar-refractivity contribution >= 4 is 11.8 Å². The highest BCUT2D eigenvalue weighted by molar-refractivity contribution is 5.43. The molecule has 100 valence electrons. The summed E-state index contributed by atoms with van der Waals surface area (Å²) in [6.07, 6.45) is 2.92. The molecule has 1 N–H and O–H groups in total. The Morgan fingerprint density at radius 2 is 2.28 bits per heavy atom. The summed E-state index contributed by atoms with van der Waals surface area (Å²) in [6, 6.07) is 2.57. The van der Waals surface area contributed by atoms with E-state index in [0.717, 1.165) is 44.4 Å². The van der Waals surface area contributed by atoms with Crippen LogP contribution in [0.5, 0.6) is 0 Å². The maximum atomic E-state index is 4.58. The summed E-state index contributed by atoms with van der Waals surface area (Å²) < 4.78 is 0. The van der Waals surface area contributed by atoms with E-state index in [1.165, 1.54) is 0 Å². The first-order valence-corrected chi connectivity index (χ1v) is 6.72. The second kappa shape index (κ2) is 6.00. The molecule has 18 heavy (non-hydrogen) atoms. The van der Waals surface area contributed by atoms with E-state index in [0.29, 0.717) is 6.04 Å². The van der Waals surface area contributed by atoms with Crippen LogP contribution in [-0.4, -0.2) is 54.1 Å². The molecule has 1 atom stereocenters. The van der Waals surface area contributed by atoms with Crippen LogP contribution in [0.1, 0.15) is 20.3 Å². The van der Waals surface area contributed by atoms with Crippen LogP contribution in [0, 0.1) is 0 Å². The minimum absolute atomic E-state index is 0.570. The van der Waals surface area contributed by atoms with Crippen LogP contribution >= 0.6 is 0 Å². The van der Waals surface area contributed by atoms with Crippen LogP contribution < -0.4 is 10.2 Å². The lowest BCUT2D eigenvalue weighted by molar-refractivity contribution is 0.233. The molecule has 2 rings (SSSR count). The number of hydrogen-bond donors (Lipinski definition) is 1. The zero-order chi connectivity index (χ0) is 13.0. The number of nitrogens with zero attached hydrogens (tertiary/aromatic N) is 4. The molecule has 1 aliphatic rings. The van der Waals surface area contributed by atoms with Gasteiger partial charge in [-0.25, -0.2) is 4.98 Å². The molecule has 1 fully saturated rings. The lowest BCUT2D eigenvalue weighted by Gasteiger charge is -2.38. The first-order valence-electron chi connectivity index (χ1n) is 6.72. The Balaban J connectivity index is 2.04. The molecule has 0 saturated carbocycles. The fraction of sp³-hybridized carbons (Fsp3) is 0.692. The van der Waals surface area contributed by atoms with Crippen LogP contribution in [0.3, 0.4) is 0 Å². The van der Waals surface area contributed by atoms with E-state index in [4.69, 9.17) is 0 Å². The maximum absolute atomic E-state index is 4.58. The van der Waals surface area contributed by atoms with Crippen molar-refractivity contribution in [2.24, 2.45) is 0 Å². The number of aromatic nitrogens is 2. The molecule has 0 spiro atoms. The van der Waals surface area contributed by atoms with E-state index < -0.39 is 0 Å². The average Bonchev–Trinajstić information content (AvgIpc) is 2.40. The van der Waals surface area contributed by atoms with Gasteiger partial charge in [0.15, 0.2) is 0 Å². The Kier molecular flexibility index (Phi) is 4.36. The second-order valence-electron chi connectivity index (χ2n) is 4.94. The molecule has 5 heteroatoms. The molecule has 0 aromatic carbocycles. The van der Waals surface area contributed by atoms with Crippen LogP contribution in [-0.2, 0) is 0 Å². The first-order chi connectivity index (χ1) is 8.70. The van der Waals surface area contributed by atoms with Crippen molar-refractivity contribution in [1.82, 2.24) is 14.9 Å². The van der Waals surface area contributed by atoms with Crippen LogP contribution in [0.25, 0.3) is 0 Å². The molecule has 0 bridgehead atoms. The molecule has 0 radical (unpaired) electrons. The molecular formula is C13H23N5. The quantitative estimate of drug-likeness (QED) is 0.874. The third-order valence-corrected chi connectivity index (χ3v) is 3.46. The van der Waals surface area contributed by atoms with Crippen molar-refractivity contribution < 1.29 is 0 Å². The Labute approximate surface area is 109 Å². The molecule has 1 aromatic heterocycles. The summed E-state index contributed by atoms with van der Waals surface area (Å²) in [6.45, 7) is 8.46. The molecule has 1 unspecified atom stereocenters. The van der Waals surface area contributed by atoms with Gasteiger partial charge in [0.25, 0.3) is 0 Å². The number of piperazine rings is 1. The van der Waals surface area contributed by atoms with Crippen molar-refractivity contribution in [1.29, 1.82) is 0 Å². The first kappa shape index (κ1) is 13.1. The van der Waals surface area contributed by atoms with E-state index >= 15 is 0 Å². The summed E-state index contributed by atoms with van der Waals surface area (Å²) >= 11 is 0. The Morgan fingerprint density at radius 3 is 3.00 bits per heavy atom. The van der Waals surface area contributed by atoms with Crippen LogP contribution in [0.4, 0.5) is 11.8 Å². The van der Waals surface area contributed by atoms with E-state index in [1.54, 1.807) is 0 Å².